The normalized spacial score (nSPS) is 19.5. The van der Waals surface area contributed by atoms with Crippen LogP contribution >= 0.6 is 11.6 Å². The van der Waals surface area contributed by atoms with Crippen LogP contribution in [-0.4, -0.2) is 39.3 Å². The van der Waals surface area contributed by atoms with Crippen LogP contribution in [0.1, 0.15) is 18.5 Å². The van der Waals surface area contributed by atoms with Gasteiger partial charge in [0, 0.05) is 12.1 Å². The van der Waals surface area contributed by atoms with Crippen LogP contribution in [0.3, 0.4) is 0 Å². The van der Waals surface area contributed by atoms with Crippen LogP contribution in [0.15, 0.2) is 24.3 Å². The van der Waals surface area contributed by atoms with Crippen molar-refractivity contribution in [1.82, 2.24) is 5.32 Å². The maximum atomic E-state index is 5.90. The zero-order valence-electron chi connectivity index (χ0n) is 11.3. The highest BCUT2D eigenvalue weighted by Gasteiger charge is 2.31. The second kappa shape index (κ2) is 6.68. The third-order valence-electron chi connectivity index (χ3n) is 3.17. The first-order chi connectivity index (χ1) is 9.13. The Labute approximate surface area is 119 Å². The van der Waals surface area contributed by atoms with Crippen LogP contribution < -0.4 is 5.32 Å². The topological polar surface area (TPSA) is 39.7 Å². The first kappa shape index (κ1) is 14.8. The summed E-state index contributed by atoms with van der Waals surface area (Å²) >= 11 is 5.90. The van der Waals surface area contributed by atoms with Gasteiger partial charge in [-0.25, -0.2) is 0 Å². The van der Waals surface area contributed by atoms with Crippen molar-refractivity contribution >= 4 is 11.6 Å². The van der Waals surface area contributed by atoms with Crippen molar-refractivity contribution in [2.24, 2.45) is 0 Å². The highest BCUT2D eigenvalue weighted by molar-refractivity contribution is 6.30. The SMILES string of the molecule is COC[C@H](NCC1(C)OCCO1)c1ccc(Cl)cc1. The Morgan fingerprint density at radius 2 is 1.95 bits per heavy atom. The lowest BCUT2D eigenvalue weighted by Gasteiger charge is -2.26. The monoisotopic (exact) mass is 285 g/mol. The van der Waals surface area contributed by atoms with Crippen LogP contribution in [0.5, 0.6) is 0 Å². The van der Waals surface area contributed by atoms with Crippen molar-refractivity contribution in [2.75, 3.05) is 33.5 Å². The summed E-state index contributed by atoms with van der Waals surface area (Å²) in [5, 5.41) is 4.15. The number of rotatable bonds is 6. The maximum absolute atomic E-state index is 5.90. The summed E-state index contributed by atoms with van der Waals surface area (Å²) < 4.78 is 16.4. The molecule has 0 amide bonds. The molecule has 1 aliphatic rings. The number of hydrogen-bond donors (Lipinski definition) is 1. The third kappa shape index (κ3) is 4.16. The van der Waals surface area contributed by atoms with Gasteiger partial charge in [0.1, 0.15) is 0 Å². The molecular formula is C14H20ClNO3. The standard InChI is InChI=1S/C14H20ClNO3/c1-14(18-7-8-19-14)10-16-13(9-17-2)11-3-5-12(15)6-4-11/h3-6,13,16H,7-10H2,1-2H3/t13-/m0/s1. The van der Waals surface area contributed by atoms with E-state index in [9.17, 15) is 0 Å². The van der Waals surface area contributed by atoms with Gasteiger partial charge in [-0.1, -0.05) is 23.7 Å². The Balaban J connectivity index is 1.97. The molecule has 19 heavy (non-hydrogen) atoms. The number of nitrogens with one attached hydrogen (secondary N) is 1. The summed E-state index contributed by atoms with van der Waals surface area (Å²) in [4.78, 5) is 0. The Bertz CT molecular complexity index is 390. The van der Waals surface area contributed by atoms with E-state index in [0.717, 1.165) is 10.6 Å². The number of methoxy groups -OCH3 is 1. The van der Waals surface area contributed by atoms with E-state index in [2.05, 4.69) is 5.32 Å². The number of halogens is 1. The Hall–Kier alpha value is -0.650. The summed E-state index contributed by atoms with van der Waals surface area (Å²) in [5.74, 6) is -0.543. The molecular weight excluding hydrogens is 266 g/mol. The van der Waals surface area contributed by atoms with Gasteiger partial charge in [-0.05, 0) is 24.6 Å². The minimum atomic E-state index is -0.543. The molecule has 5 heteroatoms. The molecule has 0 saturated carbocycles. The fourth-order valence-electron chi connectivity index (χ4n) is 2.10. The van der Waals surface area contributed by atoms with E-state index < -0.39 is 5.79 Å². The molecule has 1 fully saturated rings. The van der Waals surface area contributed by atoms with E-state index in [0.29, 0.717) is 26.4 Å². The van der Waals surface area contributed by atoms with Gasteiger partial charge in [0.05, 0.1) is 32.4 Å². The molecule has 106 valence electrons. The molecule has 0 bridgehead atoms. The summed E-state index contributed by atoms with van der Waals surface area (Å²) in [6.07, 6.45) is 0. The average molecular weight is 286 g/mol. The van der Waals surface area contributed by atoms with Crippen molar-refractivity contribution in [3.8, 4) is 0 Å². The predicted molar refractivity (Wildman–Crippen MR) is 74.4 cm³/mol. The summed E-state index contributed by atoms with van der Waals surface area (Å²) in [7, 11) is 1.69. The van der Waals surface area contributed by atoms with Crippen LogP contribution in [0.25, 0.3) is 0 Å². The van der Waals surface area contributed by atoms with Crippen LogP contribution in [0.2, 0.25) is 5.02 Å². The van der Waals surface area contributed by atoms with Crippen molar-refractivity contribution < 1.29 is 14.2 Å². The van der Waals surface area contributed by atoms with E-state index in [1.807, 2.05) is 31.2 Å². The van der Waals surface area contributed by atoms with Crippen LogP contribution in [0, 0.1) is 0 Å². The minimum absolute atomic E-state index is 0.0897. The second-order valence-corrected chi connectivity index (χ2v) is 5.21. The zero-order chi connectivity index (χ0) is 13.7. The Morgan fingerprint density at radius 3 is 2.53 bits per heavy atom. The van der Waals surface area contributed by atoms with Crippen molar-refractivity contribution in [1.29, 1.82) is 0 Å². The van der Waals surface area contributed by atoms with Gasteiger partial charge in [0.2, 0.25) is 0 Å². The van der Waals surface area contributed by atoms with Gasteiger partial charge in [-0.2, -0.15) is 0 Å². The van der Waals surface area contributed by atoms with Crippen LogP contribution in [0.4, 0.5) is 0 Å². The van der Waals surface area contributed by atoms with E-state index in [1.165, 1.54) is 0 Å². The fraction of sp³-hybridized carbons (Fsp3) is 0.571. The third-order valence-corrected chi connectivity index (χ3v) is 3.43. The smallest absolute Gasteiger partial charge is 0.178 e. The quantitative estimate of drug-likeness (QED) is 0.871. The average Bonchev–Trinajstić information content (AvgIpc) is 2.83. The van der Waals surface area contributed by atoms with Gasteiger partial charge in [0.25, 0.3) is 0 Å². The summed E-state index contributed by atoms with van der Waals surface area (Å²) in [6, 6.07) is 7.85. The number of ether oxygens (including phenoxy) is 3. The molecule has 4 nitrogen and oxygen atoms in total. The van der Waals surface area contributed by atoms with E-state index in [4.69, 9.17) is 25.8 Å². The maximum Gasteiger partial charge on any atom is 0.178 e. The Kier molecular flexibility index (Phi) is 5.19. The molecule has 1 saturated heterocycles. The molecule has 1 aromatic carbocycles. The second-order valence-electron chi connectivity index (χ2n) is 4.77. The fourth-order valence-corrected chi connectivity index (χ4v) is 2.23. The van der Waals surface area contributed by atoms with Crippen molar-refractivity contribution in [3.05, 3.63) is 34.9 Å². The van der Waals surface area contributed by atoms with Gasteiger partial charge >= 0.3 is 0 Å². The lowest BCUT2D eigenvalue weighted by molar-refractivity contribution is -0.139. The first-order valence-corrected chi connectivity index (χ1v) is 6.76. The van der Waals surface area contributed by atoms with Gasteiger partial charge in [-0.3, -0.25) is 0 Å². The van der Waals surface area contributed by atoms with Gasteiger partial charge < -0.3 is 19.5 Å². The number of hydrogen-bond acceptors (Lipinski definition) is 4. The molecule has 0 aromatic heterocycles. The molecule has 0 unspecified atom stereocenters. The lowest BCUT2D eigenvalue weighted by atomic mass is 10.1. The molecule has 1 N–H and O–H groups in total. The van der Waals surface area contributed by atoms with E-state index in [-0.39, 0.29) is 6.04 Å². The molecule has 1 aromatic rings. The molecule has 1 aliphatic heterocycles. The zero-order valence-corrected chi connectivity index (χ0v) is 12.1. The van der Waals surface area contributed by atoms with Gasteiger partial charge in [-0.15, -0.1) is 0 Å². The molecule has 1 heterocycles. The lowest BCUT2D eigenvalue weighted by Crippen LogP contribution is -2.41. The molecule has 2 rings (SSSR count). The summed E-state index contributed by atoms with van der Waals surface area (Å²) in [5.41, 5.74) is 1.13. The molecule has 0 aliphatic carbocycles. The largest absolute Gasteiger partial charge is 0.383 e. The molecule has 0 radical (unpaired) electrons. The van der Waals surface area contributed by atoms with Gasteiger partial charge in [0.15, 0.2) is 5.79 Å². The van der Waals surface area contributed by atoms with Crippen LogP contribution in [-0.2, 0) is 14.2 Å². The van der Waals surface area contributed by atoms with Crippen molar-refractivity contribution in [3.63, 3.8) is 0 Å². The Morgan fingerprint density at radius 1 is 1.32 bits per heavy atom. The van der Waals surface area contributed by atoms with E-state index >= 15 is 0 Å². The predicted octanol–water partition coefficient (Wildman–Crippen LogP) is 2.38. The minimum Gasteiger partial charge on any atom is -0.383 e. The van der Waals surface area contributed by atoms with E-state index in [1.54, 1.807) is 7.11 Å². The first-order valence-electron chi connectivity index (χ1n) is 6.39. The van der Waals surface area contributed by atoms with Crippen molar-refractivity contribution in [2.45, 2.75) is 18.8 Å². The highest BCUT2D eigenvalue weighted by atomic mass is 35.5. The summed E-state index contributed by atoms with van der Waals surface area (Å²) in [6.45, 7) is 4.43. The molecule has 0 spiro atoms. The highest BCUT2D eigenvalue weighted by Crippen LogP contribution is 2.21. The molecule has 1 atom stereocenters. The number of benzene rings is 1.